The molecule has 0 atom stereocenters. The molecule has 0 radical (unpaired) electrons. The molecule has 1 aromatic heterocycles. The third kappa shape index (κ3) is 3.81. The van der Waals surface area contributed by atoms with Gasteiger partial charge in [0.2, 0.25) is 0 Å². The van der Waals surface area contributed by atoms with Crippen LogP contribution in [0.5, 0.6) is 0 Å². The molecule has 0 fully saturated rings. The zero-order chi connectivity index (χ0) is 15.2. The predicted octanol–water partition coefficient (Wildman–Crippen LogP) is 2.09. The minimum Gasteiger partial charge on any atom is -0.481 e. The molecule has 0 aliphatic heterocycles. The molecule has 0 unspecified atom stereocenters. The van der Waals surface area contributed by atoms with Gasteiger partial charge in [0, 0.05) is 18.8 Å². The number of nitrogens with zero attached hydrogens (tertiary/aromatic N) is 4. The van der Waals surface area contributed by atoms with Crippen molar-refractivity contribution in [1.29, 1.82) is 0 Å². The molecule has 6 heteroatoms. The SMILES string of the molecule is CCn1ncnc1CN(CCC(=O)O)c1ccccc1C. The third-order valence-electron chi connectivity index (χ3n) is 3.38. The normalized spacial score (nSPS) is 10.6. The molecule has 0 bridgehead atoms. The second kappa shape index (κ2) is 6.88. The summed E-state index contributed by atoms with van der Waals surface area (Å²) in [5.41, 5.74) is 2.15. The first-order chi connectivity index (χ1) is 10.1. The third-order valence-corrected chi connectivity index (χ3v) is 3.38. The Hall–Kier alpha value is -2.37. The van der Waals surface area contributed by atoms with Crippen molar-refractivity contribution in [3.05, 3.63) is 42.0 Å². The number of rotatable bonds is 7. The number of hydrogen-bond donors (Lipinski definition) is 1. The smallest absolute Gasteiger partial charge is 0.305 e. The molecule has 2 aromatic rings. The van der Waals surface area contributed by atoms with Crippen molar-refractivity contribution in [3.63, 3.8) is 0 Å². The van der Waals surface area contributed by atoms with E-state index in [9.17, 15) is 4.79 Å². The summed E-state index contributed by atoms with van der Waals surface area (Å²) in [6.07, 6.45) is 1.63. The lowest BCUT2D eigenvalue weighted by atomic mass is 10.1. The van der Waals surface area contributed by atoms with Gasteiger partial charge in [-0.05, 0) is 25.5 Å². The molecule has 1 aromatic carbocycles. The first-order valence-corrected chi connectivity index (χ1v) is 7.01. The summed E-state index contributed by atoms with van der Waals surface area (Å²) in [5.74, 6) is 0.0386. The van der Waals surface area contributed by atoms with Gasteiger partial charge in [-0.1, -0.05) is 18.2 Å². The maximum Gasteiger partial charge on any atom is 0.305 e. The molecule has 21 heavy (non-hydrogen) atoms. The fourth-order valence-corrected chi connectivity index (χ4v) is 2.28. The van der Waals surface area contributed by atoms with E-state index in [1.165, 1.54) is 6.33 Å². The Balaban J connectivity index is 2.24. The van der Waals surface area contributed by atoms with E-state index in [2.05, 4.69) is 10.1 Å². The Labute approximate surface area is 124 Å². The monoisotopic (exact) mass is 288 g/mol. The fourth-order valence-electron chi connectivity index (χ4n) is 2.28. The van der Waals surface area contributed by atoms with E-state index in [1.54, 1.807) is 0 Å². The van der Waals surface area contributed by atoms with E-state index in [0.717, 1.165) is 23.6 Å². The topological polar surface area (TPSA) is 71.2 Å². The fraction of sp³-hybridized carbons (Fsp3) is 0.400. The number of carbonyl (C=O) groups is 1. The van der Waals surface area contributed by atoms with Crippen LogP contribution >= 0.6 is 0 Å². The molecule has 0 spiro atoms. The van der Waals surface area contributed by atoms with E-state index >= 15 is 0 Å². The first-order valence-electron chi connectivity index (χ1n) is 7.01. The van der Waals surface area contributed by atoms with Gasteiger partial charge in [0.15, 0.2) is 0 Å². The maximum absolute atomic E-state index is 10.9. The van der Waals surface area contributed by atoms with E-state index in [0.29, 0.717) is 13.1 Å². The number of anilines is 1. The Kier molecular flexibility index (Phi) is 4.92. The average molecular weight is 288 g/mol. The Bertz CT molecular complexity index is 609. The molecule has 1 heterocycles. The van der Waals surface area contributed by atoms with Crippen LogP contribution < -0.4 is 4.90 Å². The molecule has 0 aliphatic rings. The van der Waals surface area contributed by atoms with Crippen molar-refractivity contribution in [3.8, 4) is 0 Å². The zero-order valence-corrected chi connectivity index (χ0v) is 12.4. The van der Waals surface area contributed by atoms with Crippen LogP contribution in [0.25, 0.3) is 0 Å². The lowest BCUT2D eigenvalue weighted by Crippen LogP contribution is -2.28. The lowest BCUT2D eigenvalue weighted by Gasteiger charge is -2.25. The van der Waals surface area contributed by atoms with Crippen LogP contribution in [0.1, 0.15) is 24.7 Å². The van der Waals surface area contributed by atoms with Gasteiger partial charge in [-0.25, -0.2) is 9.67 Å². The highest BCUT2D eigenvalue weighted by Gasteiger charge is 2.14. The number of hydrogen-bond acceptors (Lipinski definition) is 4. The molecule has 2 rings (SSSR count). The lowest BCUT2D eigenvalue weighted by molar-refractivity contribution is -0.136. The van der Waals surface area contributed by atoms with Crippen molar-refractivity contribution in [2.24, 2.45) is 0 Å². The molecule has 112 valence electrons. The minimum absolute atomic E-state index is 0.0919. The quantitative estimate of drug-likeness (QED) is 0.844. The van der Waals surface area contributed by atoms with Gasteiger partial charge in [-0.2, -0.15) is 5.10 Å². The van der Waals surface area contributed by atoms with Crippen molar-refractivity contribution >= 4 is 11.7 Å². The van der Waals surface area contributed by atoms with E-state index in [4.69, 9.17) is 5.11 Å². The van der Waals surface area contributed by atoms with Gasteiger partial charge in [-0.15, -0.1) is 0 Å². The highest BCUT2D eigenvalue weighted by molar-refractivity contribution is 5.68. The van der Waals surface area contributed by atoms with Crippen molar-refractivity contribution in [2.75, 3.05) is 11.4 Å². The average Bonchev–Trinajstić information content (AvgIpc) is 2.91. The van der Waals surface area contributed by atoms with Crippen molar-refractivity contribution < 1.29 is 9.90 Å². The van der Waals surface area contributed by atoms with Gasteiger partial charge >= 0.3 is 5.97 Å². The molecule has 0 saturated heterocycles. The second-order valence-electron chi connectivity index (χ2n) is 4.84. The number of carboxylic acid groups (broad SMARTS) is 1. The van der Waals surface area contributed by atoms with E-state index in [1.807, 2.05) is 47.7 Å². The minimum atomic E-state index is -0.800. The van der Waals surface area contributed by atoms with Crippen LogP contribution in [-0.4, -0.2) is 32.4 Å². The van der Waals surface area contributed by atoms with E-state index in [-0.39, 0.29) is 6.42 Å². The largest absolute Gasteiger partial charge is 0.481 e. The Morgan fingerprint density at radius 3 is 2.81 bits per heavy atom. The molecule has 6 nitrogen and oxygen atoms in total. The summed E-state index contributed by atoms with van der Waals surface area (Å²) < 4.78 is 1.83. The van der Waals surface area contributed by atoms with E-state index < -0.39 is 5.97 Å². The summed E-state index contributed by atoms with van der Waals surface area (Å²) in [5, 5.41) is 13.1. The van der Waals surface area contributed by atoms with Crippen molar-refractivity contribution in [2.45, 2.75) is 33.4 Å². The van der Waals surface area contributed by atoms with Crippen LogP contribution in [-0.2, 0) is 17.9 Å². The molecular weight excluding hydrogens is 268 g/mol. The second-order valence-corrected chi connectivity index (χ2v) is 4.84. The van der Waals surface area contributed by atoms with Crippen LogP contribution in [0.15, 0.2) is 30.6 Å². The summed E-state index contributed by atoms with van der Waals surface area (Å²) in [6.45, 7) is 5.76. The van der Waals surface area contributed by atoms with Crippen LogP contribution in [0.2, 0.25) is 0 Å². The highest BCUT2D eigenvalue weighted by atomic mass is 16.4. The number of benzene rings is 1. The zero-order valence-electron chi connectivity index (χ0n) is 12.4. The molecule has 0 saturated carbocycles. The van der Waals surface area contributed by atoms with Crippen LogP contribution in [0.3, 0.4) is 0 Å². The predicted molar refractivity (Wildman–Crippen MR) is 80.2 cm³/mol. The molecule has 0 amide bonds. The van der Waals surface area contributed by atoms with Gasteiger partial charge in [0.1, 0.15) is 12.2 Å². The Morgan fingerprint density at radius 1 is 1.38 bits per heavy atom. The number of para-hydroxylation sites is 1. The first kappa shape index (κ1) is 15.0. The summed E-state index contributed by atoms with van der Waals surface area (Å²) in [7, 11) is 0. The summed E-state index contributed by atoms with van der Waals surface area (Å²) in [4.78, 5) is 17.2. The van der Waals surface area contributed by atoms with Crippen LogP contribution in [0, 0.1) is 6.92 Å². The number of aromatic nitrogens is 3. The van der Waals surface area contributed by atoms with Gasteiger partial charge in [0.25, 0.3) is 0 Å². The molecule has 1 N–H and O–H groups in total. The van der Waals surface area contributed by atoms with Crippen molar-refractivity contribution in [1.82, 2.24) is 14.8 Å². The number of aryl methyl sites for hydroxylation is 2. The number of carboxylic acids is 1. The standard InChI is InChI=1S/C15H20N4O2/c1-3-19-14(16-11-17-19)10-18(9-8-15(20)21)13-7-5-4-6-12(13)2/h4-7,11H,3,8-10H2,1-2H3,(H,20,21). The highest BCUT2D eigenvalue weighted by Crippen LogP contribution is 2.21. The number of aliphatic carboxylic acids is 1. The molecular formula is C15H20N4O2. The van der Waals surface area contributed by atoms with Gasteiger partial charge < -0.3 is 10.0 Å². The maximum atomic E-state index is 10.9. The van der Waals surface area contributed by atoms with Crippen LogP contribution in [0.4, 0.5) is 5.69 Å². The molecule has 0 aliphatic carbocycles. The summed E-state index contributed by atoms with van der Waals surface area (Å²) in [6, 6.07) is 7.96. The van der Waals surface area contributed by atoms with Gasteiger partial charge in [-0.3, -0.25) is 4.79 Å². The van der Waals surface area contributed by atoms with Gasteiger partial charge in [0.05, 0.1) is 13.0 Å². The Morgan fingerprint density at radius 2 is 2.14 bits per heavy atom. The summed E-state index contributed by atoms with van der Waals surface area (Å²) >= 11 is 0.